The summed E-state index contributed by atoms with van der Waals surface area (Å²) in [6.45, 7) is 0.0376. The third kappa shape index (κ3) is 3.97. The Morgan fingerprint density at radius 3 is 2.57 bits per heavy atom. The Morgan fingerprint density at radius 1 is 1.13 bits per heavy atom. The van der Waals surface area contributed by atoms with E-state index in [4.69, 9.17) is 14.2 Å². The first-order valence-electron chi connectivity index (χ1n) is 6.67. The average Bonchev–Trinajstić information content (AvgIpc) is 2.59. The highest BCUT2D eigenvalue weighted by molar-refractivity contribution is 5.90. The van der Waals surface area contributed by atoms with Crippen molar-refractivity contribution in [2.24, 2.45) is 0 Å². The maximum atomic E-state index is 12.0. The van der Waals surface area contributed by atoms with Gasteiger partial charge in [-0.3, -0.25) is 10.1 Å². The number of nitro benzene ring substituents is 1. The minimum atomic E-state index is -0.654. The molecule has 0 aromatic heterocycles. The minimum Gasteiger partial charge on any atom is -0.497 e. The minimum absolute atomic E-state index is 0.0376. The SMILES string of the molecule is COc1cccc(COC(=O)c2ccc(OC)c([N+](=O)[O-])c2)c1. The van der Waals surface area contributed by atoms with Crippen LogP contribution in [0.5, 0.6) is 11.5 Å². The summed E-state index contributed by atoms with van der Waals surface area (Å²) in [6.07, 6.45) is 0. The van der Waals surface area contributed by atoms with Crippen molar-refractivity contribution in [3.8, 4) is 11.5 Å². The molecule has 0 aliphatic heterocycles. The molecule has 0 amide bonds. The van der Waals surface area contributed by atoms with E-state index in [0.717, 1.165) is 11.6 Å². The number of rotatable bonds is 6. The molecule has 0 saturated carbocycles. The number of nitro groups is 1. The first kappa shape index (κ1) is 16.3. The third-order valence-corrected chi connectivity index (χ3v) is 3.12. The zero-order valence-corrected chi connectivity index (χ0v) is 12.6. The Morgan fingerprint density at radius 2 is 1.91 bits per heavy atom. The second kappa shape index (κ2) is 7.26. The zero-order valence-electron chi connectivity index (χ0n) is 12.6. The van der Waals surface area contributed by atoms with E-state index < -0.39 is 10.9 Å². The number of hydrogen-bond donors (Lipinski definition) is 0. The number of methoxy groups -OCH3 is 2. The van der Waals surface area contributed by atoms with E-state index >= 15 is 0 Å². The molecular weight excluding hydrogens is 302 g/mol. The second-order valence-electron chi connectivity index (χ2n) is 4.57. The van der Waals surface area contributed by atoms with Crippen molar-refractivity contribution >= 4 is 11.7 Å². The van der Waals surface area contributed by atoms with E-state index in [1.807, 2.05) is 0 Å². The highest BCUT2D eigenvalue weighted by Crippen LogP contribution is 2.27. The smallest absolute Gasteiger partial charge is 0.338 e. The van der Waals surface area contributed by atoms with E-state index in [0.29, 0.717) is 5.75 Å². The van der Waals surface area contributed by atoms with Crippen LogP contribution in [0.4, 0.5) is 5.69 Å². The van der Waals surface area contributed by atoms with Gasteiger partial charge in [0, 0.05) is 6.07 Å². The van der Waals surface area contributed by atoms with E-state index in [9.17, 15) is 14.9 Å². The van der Waals surface area contributed by atoms with Crippen LogP contribution in [-0.4, -0.2) is 25.1 Å². The lowest BCUT2D eigenvalue weighted by Gasteiger charge is -2.07. The zero-order chi connectivity index (χ0) is 16.8. The summed E-state index contributed by atoms with van der Waals surface area (Å²) >= 11 is 0. The van der Waals surface area contributed by atoms with Gasteiger partial charge in [-0.1, -0.05) is 12.1 Å². The Labute approximate surface area is 132 Å². The Balaban J connectivity index is 2.11. The maximum absolute atomic E-state index is 12.0. The van der Waals surface area contributed by atoms with E-state index in [1.54, 1.807) is 31.4 Å². The molecule has 23 heavy (non-hydrogen) atoms. The van der Waals surface area contributed by atoms with Crippen molar-refractivity contribution in [3.05, 3.63) is 63.7 Å². The quantitative estimate of drug-likeness (QED) is 0.462. The van der Waals surface area contributed by atoms with Crippen LogP contribution in [-0.2, 0) is 11.3 Å². The lowest BCUT2D eigenvalue weighted by molar-refractivity contribution is -0.385. The highest BCUT2D eigenvalue weighted by Gasteiger charge is 2.19. The molecule has 0 spiro atoms. The summed E-state index contributed by atoms with van der Waals surface area (Å²) in [7, 11) is 2.87. The number of hydrogen-bond acceptors (Lipinski definition) is 6. The van der Waals surface area contributed by atoms with E-state index in [-0.39, 0.29) is 23.6 Å². The highest BCUT2D eigenvalue weighted by atomic mass is 16.6. The Hall–Kier alpha value is -3.09. The molecule has 0 aliphatic carbocycles. The molecule has 120 valence electrons. The molecule has 0 unspecified atom stereocenters. The molecule has 0 saturated heterocycles. The van der Waals surface area contributed by atoms with Crippen molar-refractivity contribution in [3.63, 3.8) is 0 Å². The fourth-order valence-electron chi connectivity index (χ4n) is 1.95. The van der Waals surface area contributed by atoms with Gasteiger partial charge in [0.05, 0.1) is 24.7 Å². The van der Waals surface area contributed by atoms with Crippen LogP contribution in [0, 0.1) is 10.1 Å². The van der Waals surface area contributed by atoms with Crippen molar-refractivity contribution in [2.75, 3.05) is 14.2 Å². The number of ether oxygens (including phenoxy) is 3. The average molecular weight is 317 g/mol. The molecule has 0 bridgehead atoms. The molecule has 0 aliphatic rings. The third-order valence-electron chi connectivity index (χ3n) is 3.12. The summed E-state index contributed by atoms with van der Waals surface area (Å²) in [6, 6.07) is 11.0. The standard InChI is InChI=1S/C16H15NO6/c1-21-13-5-3-4-11(8-13)10-23-16(18)12-6-7-15(22-2)14(9-12)17(19)20/h3-9H,10H2,1-2H3. The number of carbonyl (C=O) groups is 1. The molecule has 0 N–H and O–H groups in total. The van der Waals surface area contributed by atoms with Gasteiger partial charge in [-0.05, 0) is 29.8 Å². The number of esters is 1. The molecule has 0 fully saturated rings. The topological polar surface area (TPSA) is 87.9 Å². The predicted molar refractivity (Wildman–Crippen MR) is 81.8 cm³/mol. The largest absolute Gasteiger partial charge is 0.497 e. The van der Waals surface area contributed by atoms with Crippen molar-refractivity contribution in [1.82, 2.24) is 0 Å². The Kier molecular flexibility index (Phi) is 5.14. The monoisotopic (exact) mass is 317 g/mol. The fourth-order valence-corrected chi connectivity index (χ4v) is 1.95. The van der Waals surface area contributed by atoms with Gasteiger partial charge in [0.25, 0.3) is 0 Å². The molecule has 2 aromatic carbocycles. The molecule has 2 aromatic rings. The van der Waals surface area contributed by atoms with Crippen LogP contribution < -0.4 is 9.47 Å². The summed E-state index contributed by atoms with van der Waals surface area (Å²) in [5.74, 6) is 0.0801. The van der Waals surface area contributed by atoms with Gasteiger partial charge in [-0.25, -0.2) is 4.79 Å². The van der Waals surface area contributed by atoms with Crippen molar-refractivity contribution < 1.29 is 23.9 Å². The molecule has 0 atom stereocenters. The van der Waals surface area contributed by atoms with Crippen LogP contribution >= 0.6 is 0 Å². The van der Waals surface area contributed by atoms with Gasteiger partial charge >= 0.3 is 11.7 Å². The summed E-state index contributed by atoms with van der Waals surface area (Å²) < 4.78 is 15.1. The van der Waals surface area contributed by atoms with Gasteiger partial charge < -0.3 is 14.2 Å². The van der Waals surface area contributed by atoms with Gasteiger partial charge in [0.1, 0.15) is 12.4 Å². The molecule has 2 rings (SSSR count). The van der Waals surface area contributed by atoms with Crippen molar-refractivity contribution in [2.45, 2.75) is 6.61 Å². The van der Waals surface area contributed by atoms with Gasteiger partial charge in [-0.2, -0.15) is 0 Å². The first-order chi connectivity index (χ1) is 11.0. The maximum Gasteiger partial charge on any atom is 0.338 e. The lowest BCUT2D eigenvalue weighted by atomic mass is 10.2. The molecule has 0 heterocycles. The number of benzene rings is 2. The normalized spacial score (nSPS) is 10.0. The van der Waals surface area contributed by atoms with E-state index in [2.05, 4.69) is 0 Å². The first-order valence-corrected chi connectivity index (χ1v) is 6.67. The second-order valence-corrected chi connectivity index (χ2v) is 4.57. The van der Waals surface area contributed by atoms with E-state index in [1.165, 1.54) is 19.2 Å². The van der Waals surface area contributed by atoms with Crippen LogP contribution in [0.25, 0.3) is 0 Å². The number of carbonyl (C=O) groups excluding carboxylic acids is 1. The number of nitrogens with zero attached hydrogens (tertiary/aromatic N) is 1. The summed E-state index contributed by atoms with van der Waals surface area (Å²) in [4.78, 5) is 22.4. The molecule has 0 radical (unpaired) electrons. The van der Waals surface area contributed by atoms with Crippen LogP contribution in [0.2, 0.25) is 0 Å². The van der Waals surface area contributed by atoms with Gasteiger partial charge in [0.2, 0.25) is 0 Å². The lowest BCUT2D eigenvalue weighted by Crippen LogP contribution is -2.06. The van der Waals surface area contributed by atoms with Gasteiger partial charge in [0.15, 0.2) is 5.75 Å². The molecular formula is C16H15NO6. The van der Waals surface area contributed by atoms with Crippen LogP contribution in [0.15, 0.2) is 42.5 Å². The summed E-state index contributed by atoms with van der Waals surface area (Å²) in [5, 5.41) is 11.0. The van der Waals surface area contributed by atoms with Crippen LogP contribution in [0.3, 0.4) is 0 Å². The fraction of sp³-hybridized carbons (Fsp3) is 0.188. The Bertz CT molecular complexity index is 728. The molecule has 7 heteroatoms. The van der Waals surface area contributed by atoms with Crippen LogP contribution in [0.1, 0.15) is 15.9 Å². The predicted octanol–water partition coefficient (Wildman–Crippen LogP) is 2.97. The van der Waals surface area contributed by atoms with Crippen molar-refractivity contribution in [1.29, 1.82) is 0 Å². The summed E-state index contributed by atoms with van der Waals surface area (Å²) in [5.41, 5.74) is 0.546. The molecule has 7 nitrogen and oxygen atoms in total. The van der Waals surface area contributed by atoms with Gasteiger partial charge in [-0.15, -0.1) is 0 Å².